The van der Waals surface area contributed by atoms with E-state index < -0.39 is 0 Å². The predicted octanol–water partition coefficient (Wildman–Crippen LogP) is 2.40. The Balaban J connectivity index is 1.96. The van der Waals surface area contributed by atoms with Gasteiger partial charge in [0.05, 0.1) is 19.3 Å². The van der Waals surface area contributed by atoms with Crippen molar-refractivity contribution in [3.63, 3.8) is 0 Å². The molecule has 1 N–H and O–H groups in total. The molecular formula is C11H11BrN2O. The molecule has 78 valence electrons. The number of nitrogens with zero attached hydrogens (tertiary/aromatic N) is 1. The number of nitriles is 1. The summed E-state index contributed by atoms with van der Waals surface area (Å²) in [5.41, 5.74) is 0.688. The molecule has 2 rings (SSSR count). The van der Waals surface area contributed by atoms with Crippen LogP contribution in [-0.2, 0) is 4.74 Å². The van der Waals surface area contributed by atoms with Crippen molar-refractivity contribution < 1.29 is 4.74 Å². The number of rotatable bonds is 3. The largest absolute Gasteiger partial charge is 0.383 e. The number of anilines is 1. The average molecular weight is 267 g/mol. The maximum absolute atomic E-state index is 8.99. The van der Waals surface area contributed by atoms with Crippen LogP contribution in [0.3, 0.4) is 0 Å². The number of hydrogen-bond donors (Lipinski definition) is 1. The molecule has 0 radical (unpaired) electrons. The van der Waals surface area contributed by atoms with Crippen LogP contribution in [0.25, 0.3) is 0 Å². The van der Waals surface area contributed by atoms with Gasteiger partial charge in [-0.1, -0.05) is 22.0 Å². The van der Waals surface area contributed by atoms with E-state index in [4.69, 9.17) is 10.00 Å². The van der Waals surface area contributed by atoms with Crippen molar-refractivity contribution in [2.24, 2.45) is 5.41 Å². The number of nitrogens with one attached hydrogen (secondary N) is 1. The molecule has 4 heteroatoms. The lowest BCUT2D eigenvalue weighted by atomic mass is 9.88. The van der Waals surface area contributed by atoms with Crippen molar-refractivity contribution >= 4 is 21.6 Å². The van der Waals surface area contributed by atoms with Gasteiger partial charge in [-0.2, -0.15) is 5.26 Å². The van der Waals surface area contributed by atoms with E-state index in [2.05, 4.69) is 27.3 Å². The highest BCUT2D eigenvalue weighted by molar-refractivity contribution is 9.10. The average Bonchev–Trinajstić information content (AvgIpc) is 2.17. The molecule has 0 unspecified atom stereocenters. The quantitative estimate of drug-likeness (QED) is 0.914. The van der Waals surface area contributed by atoms with Crippen LogP contribution in [0, 0.1) is 16.7 Å². The van der Waals surface area contributed by atoms with Crippen LogP contribution < -0.4 is 5.32 Å². The maximum atomic E-state index is 8.99. The van der Waals surface area contributed by atoms with Gasteiger partial charge in [0.15, 0.2) is 0 Å². The molecule has 0 aromatic heterocycles. The second-order valence-electron chi connectivity index (χ2n) is 3.75. The number of hydrogen-bond acceptors (Lipinski definition) is 3. The van der Waals surface area contributed by atoms with Crippen LogP contribution >= 0.6 is 15.9 Å². The van der Waals surface area contributed by atoms with E-state index in [0.717, 1.165) is 10.2 Å². The molecule has 1 aliphatic heterocycles. The zero-order chi connectivity index (χ0) is 10.7. The molecular weight excluding hydrogens is 256 g/mol. The Morgan fingerprint density at radius 2 is 2.33 bits per heavy atom. The minimum Gasteiger partial charge on any atom is -0.383 e. The van der Waals surface area contributed by atoms with Crippen LogP contribution in [0.15, 0.2) is 28.7 Å². The highest BCUT2D eigenvalue weighted by Gasteiger charge is 2.38. The molecule has 1 fully saturated rings. The van der Waals surface area contributed by atoms with E-state index in [-0.39, 0.29) is 5.41 Å². The first-order valence-electron chi connectivity index (χ1n) is 4.73. The Hall–Kier alpha value is -1.05. The Morgan fingerprint density at radius 3 is 2.87 bits per heavy atom. The van der Waals surface area contributed by atoms with Gasteiger partial charge in [0.25, 0.3) is 0 Å². The van der Waals surface area contributed by atoms with Crippen molar-refractivity contribution in [2.75, 3.05) is 25.1 Å². The Morgan fingerprint density at radius 1 is 1.53 bits per heavy atom. The first kappa shape index (κ1) is 10.5. The zero-order valence-electron chi connectivity index (χ0n) is 8.16. The van der Waals surface area contributed by atoms with E-state index in [1.165, 1.54) is 0 Å². The van der Waals surface area contributed by atoms with Crippen molar-refractivity contribution in [2.45, 2.75) is 0 Å². The van der Waals surface area contributed by atoms with Crippen molar-refractivity contribution in [1.82, 2.24) is 0 Å². The summed E-state index contributed by atoms with van der Waals surface area (Å²) in [6, 6.07) is 10.2. The molecule has 0 saturated carbocycles. The summed E-state index contributed by atoms with van der Waals surface area (Å²) >= 11 is 3.40. The van der Waals surface area contributed by atoms with Crippen LogP contribution in [-0.4, -0.2) is 19.8 Å². The highest BCUT2D eigenvalue weighted by atomic mass is 79.9. The molecule has 15 heavy (non-hydrogen) atoms. The van der Waals surface area contributed by atoms with Gasteiger partial charge in [-0.05, 0) is 18.2 Å². The fraction of sp³-hybridized carbons (Fsp3) is 0.364. The third-order valence-corrected chi connectivity index (χ3v) is 2.94. The summed E-state index contributed by atoms with van der Waals surface area (Å²) in [6.45, 7) is 1.70. The van der Waals surface area contributed by atoms with E-state index in [9.17, 15) is 0 Å². The SMILES string of the molecule is N#CC1(CNc2cccc(Br)c2)COC1. The lowest BCUT2D eigenvalue weighted by Crippen LogP contribution is -2.46. The third kappa shape index (κ3) is 2.31. The summed E-state index contributed by atoms with van der Waals surface area (Å²) in [4.78, 5) is 0. The highest BCUT2D eigenvalue weighted by Crippen LogP contribution is 2.27. The number of ether oxygens (including phenoxy) is 1. The van der Waals surface area contributed by atoms with E-state index >= 15 is 0 Å². The summed E-state index contributed by atoms with van der Waals surface area (Å²) in [7, 11) is 0. The summed E-state index contributed by atoms with van der Waals surface area (Å²) in [5.74, 6) is 0. The van der Waals surface area contributed by atoms with Crippen molar-refractivity contribution in [3.05, 3.63) is 28.7 Å². The second kappa shape index (κ2) is 4.21. The van der Waals surface area contributed by atoms with Gasteiger partial charge in [0.1, 0.15) is 5.41 Å². The molecule has 0 atom stereocenters. The fourth-order valence-electron chi connectivity index (χ4n) is 1.42. The summed E-state index contributed by atoms with van der Waals surface area (Å²) in [6.07, 6.45) is 0. The van der Waals surface area contributed by atoms with E-state index in [0.29, 0.717) is 19.8 Å². The number of benzene rings is 1. The first-order chi connectivity index (χ1) is 7.24. The topological polar surface area (TPSA) is 45.0 Å². The smallest absolute Gasteiger partial charge is 0.121 e. The standard InChI is InChI=1S/C11H11BrN2O/c12-9-2-1-3-10(4-9)14-6-11(5-13)7-15-8-11/h1-4,14H,6-8H2. The summed E-state index contributed by atoms with van der Waals surface area (Å²) < 4.78 is 6.10. The lowest BCUT2D eigenvalue weighted by Gasteiger charge is -2.35. The van der Waals surface area contributed by atoms with Gasteiger partial charge in [-0.15, -0.1) is 0 Å². The second-order valence-corrected chi connectivity index (χ2v) is 4.66. The molecule has 1 heterocycles. The minimum absolute atomic E-state index is 0.331. The molecule has 1 aliphatic rings. The van der Waals surface area contributed by atoms with Gasteiger partial charge in [-0.25, -0.2) is 0 Å². The Kier molecular flexibility index (Phi) is 2.94. The molecule has 0 bridgehead atoms. The molecule has 1 saturated heterocycles. The van der Waals surface area contributed by atoms with Crippen molar-refractivity contribution in [3.8, 4) is 6.07 Å². The van der Waals surface area contributed by atoms with Gasteiger partial charge in [0.2, 0.25) is 0 Å². The first-order valence-corrected chi connectivity index (χ1v) is 5.52. The molecule has 0 spiro atoms. The predicted molar refractivity (Wildman–Crippen MR) is 61.5 cm³/mol. The normalized spacial score (nSPS) is 17.6. The molecule has 3 nitrogen and oxygen atoms in total. The van der Waals surface area contributed by atoms with Crippen LogP contribution in [0.2, 0.25) is 0 Å². The van der Waals surface area contributed by atoms with Crippen molar-refractivity contribution in [1.29, 1.82) is 5.26 Å². The third-order valence-electron chi connectivity index (χ3n) is 2.45. The lowest BCUT2D eigenvalue weighted by molar-refractivity contribution is -0.0690. The monoisotopic (exact) mass is 266 g/mol. The van der Waals surface area contributed by atoms with Crippen LogP contribution in [0.5, 0.6) is 0 Å². The van der Waals surface area contributed by atoms with Crippen LogP contribution in [0.1, 0.15) is 0 Å². The molecule has 0 aliphatic carbocycles. The molecule has 1 aromatic carbocycles. The molecule has 1 aromatic rings. The fourth-order valence-corrected chi connectivity index (χ4v) is 1.82. The van der Waals surface area contributed by atoms with E-state index in [1.54, 1.807) is 0 Å². The van der Waals surface area contributed by atoms with Gasteiger partial charge in [0, 0.05) is 16.7 Å². The zero-order valence-corrected chi connectivity index (χ0v) is 9.75. The van der Waals surface area contributed by atoms with Gasteiger partial charge < -0.3 is 10.1 Å². The Bertz CT molecular complexity index is 396. The van der Waals surface area contributed by atoms with Crippen LogP contribution in [0.4, 0.5) is 5.69 Å². The maximum Gasteiger partial charge on any atom is 0.121 e. The minimum atomic E-state index is -0.331. The molecule has 0 amide bonds. The van der Waals surface area contributed by atoms with Gasteiger partial charge >= 0.3 is 0 Å². The van der Waals surface area contributed by atoms with E-state index in [1.807, 2.05) is 24.3 Å². The summed E-state index contributed by atoms with van der Waals surface area (Å²) in [5, 5.41) is 12.2. The number of halogens is 1. The Labute approximate surface area is 97.2 Å². The van der Waals surface area contributed by atoms with Gasteiger partial charge in [-0.3, -0.25) is 0 Å².